The summed E-state index contributed by atoms with van der Waals surface area (Å²) in [5.74, 6) is -6.41. The van der Waals surface area contributed by atoms with Gasteiger partial charge in [-0.15, -0.1) is 0 Å². The molecule has 0 spiro atoms. The highest BCUT2D eigenvalue weighted by molar-refractivity contribution is 6.30. The predicted molar refractivity (Wildman–Crippen MR) is 112 cm³/mol. The van der Waals surface area contributed by atoms with Crippen LogP contribution >= 0.6 is 0 Å². The fourth-order valence-electron chi connectivity index (χ4n) is 5.29. The highest BCUT2D eigenvalue weighted by atomic mass is 19.4. The minimum absolute atomic E-state index is 0.0292. The molecule has 184 valence electrons. The maximum absolute atomic E-state index is 13.2. The second-order valence-electron chi connectivity index (χ2n) is 8.96. The van der Waals surface area contributed by atoms with Gasteiger partial charge < -0.3 is 25.0 Å². The molecule has 3 N–H and O–H groups in total. The molecule has 1 fully saturated rings. The number of benzene rings is 2. The standard InChI is InChI=1S/C24H20F3NO7/c1-22(34-8-9-35-22)23(28-21(33)24(25,26)27)7-6-13-14(10-23)20(32)16-15(19(13)31)17(29)11-4-2-3-5-12(11)18(16)30/h2-5,31-32H,6-10H2,1H3,(H,28,33). The zero-order chi connectivity index (χ0) is 25.3. The molecule has 1 unspecified atom stereocenters. The third-order valence-electron chi connectivity index (χ3n) is 7.13. The smallest absolute Gasteiger partial charge is 0.471 e. The Morgan fingerprint density at radius 2 is 1.49 bits per heavy atom. The summed E-state index contributed by atoms with van der Waals surface area (Å²) < 4.78 is 50.9. The molecule has 8 nitrogen and oxygen atoms in total. The molecular weight excluding hydrogens is 471 g/mol. The average Bonchev–Trinajstić information content (AvgIpc) is 3.27. The van der Waals surface area contributed by atoms with Crippen LogP contribution in [0.25, 0.3) is 0 Å². The van der Waals surface area contributed by atoms with Crippen molar-refractivity contribution in [1.82, 2.24) is 5.32 Å². The number of carbonyl (C=O) groups is 3. The Balaban J connectivity index is 1.68. The molecule has 1 saturated heterocycles. The first kappa shape index (κ1) is 23.3. The number of carbonyl (C=O) groups excluding carboxylic acids is 3. The maximum atomic E-state index is 13.2. The molecule has 2 aliphatic carbocycles. The normalized spacial score (nSPS) is 22.9. The number of fused-ring (bicyclic) bond motifs is 3. The molecule has 1 atom stereocenters. The van der Waals surface area contributed by atoms with Crippen molar-refractivity contribution in [2.45, 2.75) is 43.7 Å². The largest absolute Gasteiger partial charge is 0.507 e. The quantitative estimate of drug-likeness (QED) is 0.471. The van der Waals surface area contributed by atoms with Gasteiger partial charge in [0.05, 0.1) is 29.9 Å². The van der Waals surface area contributed by atoms with Crippen LogP contribution in [0.2, 0.25) is 0 Å². The Kier molecular flexibility index (Phi) is 5.01. The number of hydrogen-bond donors (Lipinski definition) is 3. The van der Waals surface area contributed by atoms with Gasteiger partial charge in [0.1, 0.15) is 11.5 Å². The molecule has 0 aromatic heterocycles. The Hall–Kier alpha value is -3.44. The SMILES string of the molecule is CC1(C2(NC(=O)C(F)(F)F)CCc3c(O)c4c(c(O)c3C2)C(=O)c2ccccc2C4=O)OCCO1. The minimum atomic E-state index is -5.20. The van der Waals surface area contributed by atoms with Gasteiger partial charge in [-0.3, -0.25) is 14.4 Å². The fourth-order valence-corrected chi connectivity index (χ4v) is 5.29. The summed E-state index contributed by atoms with van der Waals surface area (Å²) in [6.45, 7) is 1.53. The second-order valence-corrected chi connectivity index (χ2v) is 8.96. The second kappa shape index (κ2) is 7.53. The summed E-state index contributed by atoms with van der Waals surface area (Å²) >= 11 is 0. The number of alkyl halides is 3. The summed E-state index contributed by atoms with van der Waals surface area (Å²) in [7, 11) is 0. The number of amides is 1. The van der Waals surface area contributed by atoms with Crippen LogP contribution in [0.15, 0.2) is 24.3 Å². The molecule has 0 saturated carbocycles. The van der Waals surface area contributed by atoms with Crippen LogP contribution in [0.4, 0.5) is 13.2 Å². The van der Waals surface area contributed by atoms with E-state index in [1.807, 2.05) is 5.32 Å². The zero-order valence-corrected chi connectivity index (χ0v) is 18.4. The zero-order valence-electron chi connectivity index (χ0n) is 18.4. The van der Waals surface area contributed by atoms with Crippen LogP contribution in [-0.2, 0) is 27.1 Å². The topological polar surface area (TPSA) is 122 Å². The number of ether oxygens (including phenoxy) is 2. The molecule has 11 heteroatoms. The lowest BCUT2D eigenvalue weighted by molar-refractivity contribution is -0.214. The Morgan fingerprint density at radius 3 is 2.00 bits per heavy atom. The van der Waals surface area contributed by atoms with Crippen molar-refractivity contribution in [2.75, 3.05) is 13.2 Å². The van der Waals surface area contributed by atoms with Crippen molar-refractivity contribution < 1.29 is 47.2 Å². The molecule has 1 heterocycles. The Labute approximate surface area is 196 Å². The van der Waals surface area contributed by atoms with E-state index in [4.69, 9.17) is 9.47 Å². The number of aromatic hydroxyl groups is 2. The number of ketones is 2. The van der Waals surface area contributed by atoms with E-state index in [1.165, 1.54) is 25.1 Å². The van der Waals surface area contributed by atoms with Crippen molar-refractivity contribution in [3.8, 4) is 11.5 Å². The van der Waals surface area contributed by atoms with Crippen LogP contribution in [0.3, 0.4) is 0 Å². The number of rotatable bonds is 2. The van der Waals surface area contributed by atoms with Crippen molar-refractivity contribution in [2.24, 2.45) is 0 Å². The first-order chi connectivity index (χ1) is 16.4. The summed E-state index contributed by atoms with van der Waals surface area (Å²) in [6, 6.07) is 5.94. The summed E-state index contributed by atoms with van der Waals surface area (Å²) in [5, 5.41) is 24.2. The highest BCUT2D eigenvalue weighted by Gasteiger charge is 2.58. The molecular formula is C24H20F3NO7. The fraction of sp³-hybridized carbons (Fsp3) is 0.375. The molecule has 1 amide bonds. The summed E-state index contributed by atoms with van der Waals surface area (Å²) in [5.41, 5.74) is -2.42. The number of phenolic OH excluding ortho intramolecular Hbond substituents is 2. The minimum Gasteiger partial charge on any atom is -0.507 e. The van der Waals surface area contributed by atoms with E-state index in [-0.39, 0.29) is 53.9 Å². The van der Waals surface area contributed by atoms with Gasteiger partial charge in [0, 0.05) is 28.7 Å². The number of nitrogens with one attached hydrogen (secondary N) is 1. The van der Waals surface area contributed by atoms with E-state index in [9.17, 15) is 37.8 Å². The molecule has 3 aliphatic rings. The molecule has 0 radical (unpaired) electrons. The lowest BCUT2D eigenvalue weighted by Crippen LogP contribution is -2.67. The average molecular weight is 491 g/mol. The van der Waals surface area contributed by atoms with Crippen LogP contribution in [0.1, 0.15) is 56.3 Å². The van der Waals surface area contributed by atoms with Crippen molar-refractivity contribution in [3.63, 3.8) is 0 Å². The van der Waals surface area contributed by atoms with Gasteiger partial charge in [-0.25, -0.2) is 0 Å². The van der Waals surface area contributed by atoms with Crippen molar-refractivity contribution in [3.05, 3.63) is 57.6 Å². The van der Waals surface area contributed by atoms with Gasteiger partial charge in [-0.05, 0) is 19.8 Å². The Bertz CT molecular complexity index is 1300. The Morgan fingerprint density at radius 1 is 0.971 bits per heavy atom. The maximum Gasteiger partial charge on any atom is 0.471 e. The molecule has 1 aliphatic heterocycles. The van der Waals surface area contributed by atoms with Crippen molar-refractivity contribution >= 4 is 17.5 Å². The van der Waals surface area contributed by atoms with Gasteiger partial charge >= 0.3 is 12.1 Å². The van der Waals surface area contributed by atoms with Gasteiger partial charge in [0.25, 0.3) is 0 Å². The van der Waals surface area contributed by atoms with E-state index in [0.29, 0.717) is 0 Å². The number of phenols is 2. The molecule has 5 rings (SSSR count). The number of halogens is 3. The number of hydrogen-bond acceptors (Lipinski definition) is 7. The summed E-state index contributed by atoms with van der Waals surface area (Å²) in [4.78, 5) is 38.3. The lowest BCUT2D eigenvalue weighted by atomic mass is 9.70. The predicted octanol–water partition coefficient (Wildman–Crippen LogP) is 2.54. The molecule has 35 heavy (non-hydrogen) atoms. The van der Waals surface area contributed by atoms with Crippen LogP contribution in [-0.4, -0.2) is 58.4 Å². The van der Waals surface area contributed by atoms with E-state index in [2.05, 4.69) is 0 Å². The monoisotopic (exact) mass is 491 g/mol. The van der Waals surface area contributed by atoms with Gasteiger partial charge in [0.2, 0.25) is 0 Å². The molecule has 2 aromatic rings. The van der Waals surface area contributed by atoms with Crippen LogP contribution in [0, 0.1) is 0 Å². The van der Waals surface area contributed by atoms with Gasteiger partial charge in [-0.2, -0.15) is 13.2 Å². The lowest BCUT2D eigenvalue weighted by Gasteiger charge is -2.48. The van der Waals surface area contributed by atoms with E-state index in [0.717, 1.165) is 0 Å². The highest BCUT2D eigenvalue weighted by Crippen LogP contribution is 2.50. The first-order valence-corrected chi connectivity index (χ1v) is 10.9. The van der Waals surface area contributed by atoms with Gasteiger partial charge in [0.15, 0.2) is 17.4 Å². The van der Waals surface area contributed by atoms with Crippen LogP contribution < -0.4 is 5.32 Å². The van der Waals surface area contributed by atoms with Gasteiger partial charge in [-0.1, -0.05) is 24.3 Å². The van der Waals surface area contributed by atoms with Crippen molar-refractivity contribution in [1.29, 1.82) is 0 Å². The molecule has 2 aromatic carbocycles. The summed E-state index contributed by atoms with van der Waals surface area (Å²) in [6.07, 6.45) is -5.95. The van der Waals surface area contributed by atoms with E-state index in [1.54, 1.807) is 6.07 Å². The third-order valence-corrected chi connectivity index (χ3v) is 7.13. The van der Waals surface area contributed by atoms with E-state index >= 15 is 0 Å². The third kappa shape index (κ3) is 3.25. The van der Waals surface area contributed by atoms with Crippen LogP contribution in [0.5, 0.6) is 11.5 Å². The van der Waals surface area contributed by atoms with E-state index < -0.39 is 58.5 Å². The first-order valence-electron chi connectivity index (χ1n) is 10.9. The molecule has 0 bridgehead atoms.